The summed E-state index contributed by atoms with van der Waals surface area (Å²) in [6, 6.07) is 8.51. The zero-order valence-electron chi connectivity index (χ0n) is 23.6. The van der Waals surface area contributed by atoms with Gasteiger partial charge in [-0.3, -0.25) is 4.99 Å². The van der Waals surface area contributed by atoms with Gasteiger partial charge in [0.25, 0.3) is 0 Å². The molecule has 3 nitrogen and oxygen atoms in total. The van der Waals surface area contributed by atoms with Gasteiger partial charge in [0.05, 0.1) is 5.04 Å². The Morgan fingerprint density at radius 1 is 0.972 bits per heavy atom. The Bertz CT molecular complexity index is 776. The topological polar surface area (TPSA) is 46.5 Å². The first-order valence-electron chi connectivity index (χ1n) is 12.3. The first-order valence-corrected chi connectivity index (χ1v) is 14.5. The van der Waals surface area contributed by atoms with E-state index in [2.05, 4.69) is 63.0 Å². The van der Waals surface area contributed by atoms with Crippen LogP contribution in [-0.4, -0.2) is 24.9 Å². The lowest BCUT2D eigenvalue weighted by atomic mass is 9.75. The summed E-state index contributed by atoms with van der Waals surface area (Å²) >= 11 is 3.33. The Morgan fingerprint density at radius 3 is 1.78 bits per heavy atom. The summed E-state index contributed by atoms with van der Waals surface area (Å²) in [5.74, 6) is -0.215. The van der Waals surface area contributed by atoms with E-state index < -0.39 is 0 Å². The van der Waals surface area contributed by atoms with E-state index in [-0.39, 0.29) is 5.82 Å². The number of thioether (sulfide) groups is 1. The maximum atomic E-state index is 12.6. The van der Waals surface area contributed by atoms with Crippen LogP contribution in [0.3, 0.4) is 0 Å². The standard InChI is InChI=1S/C12H14FNS.C11H24.C5H6S.2CH2O/c1-9(14-10(2)15-3)8-11-4-6-12(13)7-5-11;1-5-9-11(7-3,8-4)10-6-2;1-5-2-3-6-4-5;2*1-2/h4-7H,1,8H2,2-3H3;5-10H2,1-4H3;2-4H,1H3;2*1H2. The van der Waals surface area contributed by atoms with Crippen LogP contribution in [0.15, 0.2) is 58.4 Å². The van der Waals surface area contributed by atoms with Crippen LogP contribution >= 0.6 is 23.1 Å². The average Bonchev–Trinajstić information content (AvgIpc) is 3.39. The Labute approximate surface area is 228 Å². The number of benzene rings is 1. The summed E-state index contributed by atoms with van der Waals surface area (Å²) in [6.45, 7) is 21.2. The van der Waals surface area contributed by atoms with Crippen molar-refractivity contribution in [1.82, 2.24) is 0 Å². The molecule has 0 fully saturated rings. The van der Waals surface area contributed by atoms with Crippen molar-refractivity contribution in [2.24, 2.45) is 10.4 Å². The second-order valence-electron chi connectivity index (χ2n) is 8.21. The SMILES string of the molecule is C=C(Cc1ccc(F)cc1)N=C(C)SC.C=O.C=O.CCCC(CC)(CC)CCC.Cc1ccsc1. The van der Waals surface area contributed by atoms with Gasteiger partial charge in [0, 0.05) is 12.1 Å². The normalized spacial score (nSPS) is 10.2. The number of rotatable bonds is 9. The summed E-state index contributed by atoms with van der Waals surface area (Å²) in [7, 11) is 0. The molecule has 1 aromatic heterocycles. The monoisotopic (exact) mass is 537 g/mol. The molecule has 0 N–H and O–H groups in total. The minimum atomic E-state index is -0.215. The van der Waals surface area contributed by atoms with E-state index in [1.807, 2.05) is 26.8 Å². The van der Waals surface area contributed by atoms with Gasteiger partial charge in [-0.1, -0.05) is 72.1 Å². The first kappa shape index (κ1) is 38.5. The third kappa shape index (κ3) is 20.2. The summed E-state index contributed by atoms with van der Waals surface area (Å²) < 4.78 is 12.6. The minimum absolute atomic E-state index is 0.215. The molecule has 36 heavy (non-hydrogen) atoms. The fourth-order valence-corrected chi connectivity index (χ4v) is 4.51. The number of aryl methyl sites for hydroxylation is 1. The molecule has 0 saturated heterocycles. The number of thiophene rings is 1. The molecule has 0 bridgehead atoms. The Morgan fingerprint density at radius 2 is 1.47 bits per heavy atom. The minimum Gasteiger partial charge on any atom is -0.307 e. The van der Waals surface area contributed by atoms with Gasteiger partial charge in [0.2, 0.25) is 0 Å². The molecule has 204 valence electrons. The molecule has 0 aliphatic heterocycles. The summed E-state index contributed by atoms with van der Waals surface area (Å²) in [5.41, 5.74) is 3.87. The Kier molecular flexibility index (Phi) is 27.8. The number of aliphatic imine (C=N–C) groups is 1. The average molecular weight is 538 g/mol. The van der Waals surface area contributed by atoms with E-state index in [1.165, 1.54) is 56.2 Å². The highest BCUT2D eigenvalue weighted by molar-refractivity contribution is 8.13. The Balaban J connectivity index is -0.000000453. The fourth-order valence-electron chi connectivity index (χ4n) is 3.62. The molecule has 0 radical (unpaired) electrons. The van der Waals surface area contributed by atoms with Crippen LogP contribution in [-0.2, 0) is 16.0 Å². The molecule has 0 aliphatic carbocycles. The highest BCUT2D eigenvalue weighted by Gasteiger charge is 2.23. The van der Waals surface area contributed by atoms with Crippen molar-refractivity contribution in [2.45, 2.75) is 86.5 Å². The van der Waals surface area contributed by atoms with E-state index in [1.54, 1.807) is 35.2 Å². The number of halogens is 1. The molecular formula is C30H48FNO2S2. The number of hydrogen-bond donors (Lipinski definition) is 0. The number of carbonyl (C=O) groups excluding carboxylic acids is 2. The van der Waals surface area contributed by atoms with Gasteiger partial charge in [-0.15, -0.1) is 11.8 Å². The maximum Gasteiger partial charge on any atom is 0.123 e. The van der Waals surface area contributed by atoms with Gasteiger partial charge in [-0.05, 0) is 78.4 Å². The summed E-state index contributed by atoms with van der Waals surface area (Å²) in [5, 5.41) is 5.19. The predicted molar refractivity (Wildman–Crippen MR) is 162 cm³/mol. The highest BCUT2D eigenvalue weighted by Crippen LogP contribution is 2.36. The lowest BCUT2D eigenvalue weighted by molar-refractivity contribution is -0.0987. The molecule has 0 spiro atoms. The van der Waals surface area contributed by atoms with Crippen LogP contribution in [0.2, 0.25) is 0 Å². The molecule has 0 unspecified atom stereocenters. The zero-order valence-corrected chi connectivity index (χ0v) is 25.2. The molecular weight excluding hydrogens is 489 g/mol. The molecule has 1 heterocycles. The van der Waals surface area contributed by atoms with Crippen molar-refractivity contribution in [2.75, 3.05) is 6.26 Å². The van der Waals surface area contributed by atoms with Crippen molar-refractivity contribution < 1.29 is 14.0 Å². The van der Waals surface area contributed by atoms with Gasteiger partial charge in [0.1, 0.15) is 19.4 Å². The molecule has 6 heteroatoms. The van der Waals surface area contributed by atoms with Crippen LogP contribution in [0.4, 0.5) is 4.39 Å². The third-order valence-corrected chi connectivity index (χ3v) is 7.14. The van der Waals surface area contributed by atoms with Gasteiger partial charge < -0.3 is 9.59 Å². The number of hydrogen-bond acceptors (Lipinski definition) is 5. The molecule has 1 aromatic carbocycles. The molecule has 0 saturated carbocycles. The summed E-state index contributed by atoms with van der Waals surface area (Å²) in [6.07, 6.45) is 10.9. The van der Waals surface area contributed by atoms with Crippen LogP contribution in [0.25, 0.3) is 0 Å². The number of carbonyl (C=O) groups is 2. The quantitative estimate of drug-likeness (QED) is 0.236. The fraction of sp³-hybridized carbons (Fsp3) is 0.500. The van der Waals surface area contributed by atoms with Crippen molar-refractivity contribution in [3.05, 3.63) is 70.3 Å². The van der Waals surface area contributed by atoms with Crippen LogP contribution in [0.5, 0.6) is 0 Å². The first-order chi connectivity index (χ1) is 17.2. The van der Waals surface area contributed by atoms with Crippen LogP contribution < -0.4 is 0 Å². The largest absolute Gasteiger partial charge is 0.307 e. The molecule has 0 amide bonds. The smallest absolute Gasteiger partial charge is 0.123 e. The third-order valence-electron chi connectivity index (χ3n) is 5.66. The van der Waals surface area contributed by atoms with E-state index in [0.29, 0.717) is 11.8 Å². The maximum absolute atomic E-state index is 12.6. The highest BCUT2D eigenvalue weighted by atomic mass is 32.2. The van der Waals surface area contributed by atoms with Gasteiger partial charge in [-0.2, -0.15) is 11.3 Å². The van der Waals surface area contributed by atoms with Crippen LogP contribution in [0.1, 0.15) is 84.3 Å². The summed E-state index contributed by atoms with van der Waals surface area (Å²) in [4.78, 5) is 20.3. The van der Waals surface area contributed by atoms with Crippen molar-refractivity contribution >= 4 is 41.7 Å². The van der Waals surface area contributed by atoms with Crippen LogP contribution in [0, 0.1) is 18.2 Å². The van der Waals surface area contributed by atoms with Gasteiger partial charge >= 0.3 is 0 Å². The van der Waals surface area contributed by atoms with Gasteiger partial charge in [0.15, 0.2) is 0 Å². The van der Waals surface area contributed by atoms with E-state index in [9.17, 15) is 4.39 Å². The second-order valence-corrected chi connectivity index (χ2v) is 9.99. The Hall–Kier alpha value is -2.05. The van der Waals surface area contributed by atoms with E-state index >= 15 is 0 Å². The van der Waals surface area contributed by atoms with E-state index in [4.69, 9.17) is 9.59 Å². The number of nitrogens with zero attached hydrogens (tertiary/aromatic N) is 1. The van der Waals surface area contributed by atoms with Crippen molar-refractivity contribution in [3.63, 3.8) is 0 Å². The van der Waals surface area contributed by atoms with Crippen molar-refractivity contribution in [1.29, 1.82) is 0 Å². The zero-order chi connectivity index (χ0) is 28.4. The van der Waals surface area contributed by atoms with Gasteiger partial charge in [-0.25, -0.2) is 4.39 Å². The molecule has 2 rings (SSSR count). The lowest BCUT2D eigenvalue weighted by Gasteiger charge is -2.31. The molecule has 0 aliphatic rings. The van der Waals surface area contributed by atoms with E-state index in [0.717, 1.165) is 16.3 Å². The molecule has 0 atom stereocenters. The predicted octanol–water partition coefficient (Wildman–Crippen LogP) is 9.74. The second kappa shape index (κ2) is 26.0. The van der Waals surface area contributed by atoms with Crippen molar-refractivity contribution in [3.8, 4) is 0 Å². The number of allylic oxidation sites excluding steroid dienone is 1. The lowest BCUT2D eigenvalue weighted by Crippen LogP contribution is -2.17. The molecule has 2 aromatic rings.